The van der Waals surface area contributed by atoms with Gasteiger partial charge >= 0.3 is 0 Å². The average molecular weight is 545 g/mol. The van der Waals surface area contributed by atoms with E-state index >= 15 is 0 Å². The van der Waals surface area contributed by atoms with Crippen molar-refractivity contribution in [2.24, 2.45) is 4.99 Å². The molecule has 7 nitrogen and oxygen atoms in total. The van der Waals surface area contributed by atoms with Gasteiger partial charge < -0.3 is 20.3 Å². The highest BCUT2D eigenvalue weighted by molar-refractivity contribution is 14.0. The number of methoxy groups -OCH3 is 1. The van der Waals surface area contributed by atoms with E-state index in [1.807, 2.05) is 13.1 Å². The van der Waals surface area contributed by atoms with Crippen LogP contribution >= 0.6 is 24.0 Å². The van der Waals surface area contributed by atoms with Gasteiger partial charge in [0.15, 0.2) is 5.96 Å². The topological polar surface area (TPSA) is 55.4 Å². The number of hydrogen-bond donors (Lipinski definition) is 2. The minimum atomic E-state index is 0. The number of guanidine groups is 1. The minimum absolute atomic E-state index is 0. The third kappa shape index (κ3) is 7.76. The summed E-state index contributed by atoms with van der Waals surface area (Å²) in [6.07, 6.45) is 2.54. The van der Waals surface area contributed by atoms with Gasteiger partial charge in [0.05, 0.1) is 13.2 Å². The maximum absolute atomic E-state index is 5.66. The highest BCUT2D eigenvalue weighted by atomic mass is 127. The summed E-state index contributed by atoms with van der Waals surface area (Å²) < 4.78 is 5.66. The number of para-hydroxylation sites is 1. The molecule has 0 saturated carbocycles. The van der Waals surface area contributed by atoms with Crippen molar-refractivity contribution < 1.29 is 4.74 Å². The van der Waals surface area contributed by atoms with Crippen LogP contribution in [0, 0.1) is 0 Å². The van der Waals surface area contributed by atoms with Crippen LogP contribution in [0.5, 0.6) is 5.75 Å². The van der Waals surface area contributed by atoms with Crippen LogP contribution in [0.4, 0.5) is 0 Å². The van der Waals surface area contributed by atoms with Crippen molar-refractivity contribution in [3.8, 4) is 5.75 Å². The monoisotopic (exact) mass is 544 g/mol. The Kier molecular flexibility index (Phi) is 11.9. The second-order valence-electron chi connectivity index (χ2n) is 8.16. The summed E-state index contributed by atoms with van der Waals surface area (Å²) in [7, 11) is 3.61. The summed E-state index contributed by atoms with van der Waals surface area (Å²) >= 11 is 0. The van der Waals surface area contributed by atoms with Gasteiger partial charge in [0, 0.05) is 58.4 Å². The summed E-state index contributed by atoms with van der Waals surface area (Å²) in [6, 6.07) is 8.67. The van der Waals surface area contributed by atoms with Gasteiger partial charge in [-0.3, -0.25) is 14.8 Å². The quantitative estimate of drug-likeness (QED) is 0.283. The maximum atomic E-state index is 5.66. The fourth-order valence-electron chi connectivity index (χ4n) is 4.51. The summed E-state index contributed by atoms with van der Waals surface area (Å²) in [5.74, 6) is 1.84. The Bertz CT molecular complexity index is 659. The largest absolute Gasteiger partial charge is 0.496 e. The van der Waals surface area contributed by atoms with E-state index < -0.39 is 0 Å². The Morgan fingerprint density at radius 1 is 1.03 bits per heavy atom. The van der Waals surface area contributed by atoms with Crippen LogP contribution in [0.1, 0.15) is 31.4 Å². The number of hydrogen-bond acceptors (Lipinski definition) is 5. The fraction of sp³-hybridized carbons (Fsp3) is 0.696. The number of likely N-dealkylation sites (N-methyl/N-ethyl adjacent to an activating group) is 1. The van der Waals surface area contributed by atoms with Gasteiger partial charge in [-0.05, 0) is 38.5 Å². The first-order valence-electron chi connectivity index (χ1n) is 11.5. The normalized spacial score (nSPS) is 19.6. The smallest absolute Gasteiger partial charge is 0.191 e. The molecule has 1 unspecified atom stereocenters. The molecule has 1 aromatic carbocycles. The van der Waals surface area contributed by atoms with Crippen LogP contribution < -0.4 is 15.4 Å². The summed E-state index contributed by atoms with van der Waals surface area (Å²) in [5, 5.41) is 7.07. The highest BCUT2D eigenvalue weighted by Crippen LogP contribution is 2.31. The number of piperazine rings is 1. The van der Waals surface area contributed by atoms with Gasteiger partial charge in [0.2, 0.25) is 0 Å². The SMILES string of the molecule is CCN1CCN(CCNC(=NC)NCC(c2ccccc2OC)N2CCCC2)CC1.I. The number of halogens is 1. The van der Waals surface area contributed by atoms with Crippen molar-refractivity contribution in [1.29, 1.82) is 0 Å². The molecule has 2 heterocycles. The molecule has 3 rings (SSSR count). The number of aliphatic imine (C=N–C) groups is 1. The van der Waals surface area contributed by atoms with Crippen molar-refractivity contribution in [3.05, 3.63) is 29.8 Å². The van der Waals surface area contributed by atoms with Crippen LogP contribution in [0.15, 0.2) is 29.3 Å². The number of nitrogens with one attached hydrogen (secondary N) is 2. The van der Waals surface area contributed by atoms with Crippen molar-refractivity contribution in [1.82, 2.24) is 25.3 Å². The molecular weight excluding hydrogens is 503 g/mol. The van der Waals surface area contributed by atoms with Crippen molar-refractivity contribution in [3.63, 3.8) is 0 Å². The molecule has 2 aliphatic rings. The molecule has 0 bridgehead atoms. The summed E-state index contributed by atoms with van der Waals surface area (Å²) in [6.45, 7) is 13.1. The number of benzene rings is 1. The first kappa shape index (κ1) is 26.2. The predicted molar refractivity (Wildman–Crippen MR) is 140 cm³/mol. The molecule has 0 aromatic heterocycles. The maximum Gasteiger partial charge on any atom is 0.191 e. The zero-order chi connectivity index (χ0) is 21.2. The van der Waals surface area contributed by atoms with E-state index in [0.29, 0.717) is 0 Å². The van der Waals surface area contributed by atoms with Gasteiger partial charge in [-0.15, -0.1) is 24.0 Å². The molecule has 2 saturated heterocycles. The number of nitrogens with zero attached hydrogens (tertiary/aromatic N) is 4. The average Bonchev–Trinajstić information content (AvgIpc) is 3.33. The second kappa shape index (κ2) is 14.1. The first-order valence-corrected chi connectivity index (χ1v) is 11.5. The van der Waals surface area contributed by atoms with Gasteiger partial charge in [-0.2, -0.15) is 0 Å². The molecule has 0 amide bonds. The van der Waals surface area contributed by atoms with E-state index in [2.05, 4.69) is 55.4 Å². The van der Waals surface area contributed by atoms with Gasteiger partial charge in [-0.25, -0.2) is 0 Å². The molecule has 2 N–H and O–H groups in total. The van der Waals surface area contributed by atoms with Gasteiger partial charge in [0.1, 0.15) is 5.75 Å². The van der Waals surface area contributed by atoms with E-state index in [0.717, 1.165) is 64.1 Å². The van der Waals surface area contributed by atoms with Gasteiger partial charge in [0.25, 0.3) is 0 Å². The lowest BCUT2D eigenvalue weighted by atomic mass is 10.0. The number of rotatable bonds is 9. The van der Waals surface area contributed by atoms with E-state index in [1.165, 1.54) is 31.5 Å². The molecule has 0 radical (unpaired) electrons. The molecule has 8 heteroatoms. The van der Waals surface area contributed by atoms with E-state index in [-0.39, 0.29) is 30.0 Å². The standard InChI is InChI=1S/C23H40N6O.HI/c1-4-27-15-17-28(18-16-27)14-11-25-23(24-2)26-19-21(29-12-7-8-13-29)20-9-5-6-10-22(20)30-3;/h5-6,9-10,21H,4,7-8,11-19H2,1-3H3,(H2,24,25,26);1H. The molecule has 2 aliphatic heterocycles. The van der Waals surface area contributed by atoms with E-state index in [9.17, 15) is 0 Å². The Hall–Kier alpha value is -1.10. The Balaban J connectivity index is 0.00000341. The third-order valence-electron chi connectivity index (χ3n) is 6.40. The zero-order valence-corrected chi connectivity index (χ0v) is 21.8. The van der Waals surface area contributed by atoms with Crippen molar-refractivity contribution in [2.75, 3.05) is 79.6 Å². The van der Waals surface area contributed by atoms with Gasteiger partial charge in [-0.1, -0.05) is 25.1 Å². The molecule has 0 aliphatic carbocycles. The molecule has 1 aromatic rings. The lowest BCUT2D eigenvalue weighted by Crippen LogP contribution is -2.49. The first-order chi connectivity index (χ1) is 14.7. The van der Waals surface area contributed by atoms with E-state index in [1.54, 1.807) is 7.11 Å². The second-order valence-corrected chi connectivity index (χ2v) is 8.16. The minimum Gasteiger partial charge on any atom is -0.496 e. The van der Waals surface area contributed by atoms with Crippen LogP contribution in [-0.4, -0.2) is 100 Å². The highest BCUT2D eigenvalue weighted by Gasteiger charge is 2.26. The molecule has 31 heavy (non-hydrogen) atoms. The molecular formula is C23H41IN6O. The Labute approximate surface area is 205 Å². The number of ether oxygens (including phenoxy) is 1. The summed E-state index contributed by atoms with van der Waals surface area (Å²) in [5.41, 5.74) is 1.25. The predicted octanol–water partition coefficient (Wildman–Crippen LogP) is 2.25. The number of likely N-dealkylation sites (tertiary alicyclic amines) is 1. The summed E-state index contributed by atoms with van der Waals surface area (Å²) in [4.78, 5) is 12.1. The van der Waals surface area contributed by atoms with Crippen LogP contribution in [0.3, 0.4) is 0 Å². The fourth-order valence-corrected chi connectivity index (χ4v) is 4.51. The van der Waals surface area contributed by atoms with Crippen LogP contribution in [0.25, 0.3) is 0 Å². The molecule has 0 spiro atoms. The molecule has 176 valence electrons. The van der Waals surface area contributed by atoms with Crippen LogP contribution in [0.2, 0.25) is 0 Å². The Morgan fingerprint density at radius 3 is 2.35 bits per heavy atom. The zero-order valence-electron chi connectivity index (χ0n) is 19.5. The lowest BCUT2D eigenvalue weighted by molar-refractivity contribution is 0.139. The lowest BCUT2D eigenvalue weighted by Gasteiger charge is -2.34. The Morgan fingerprint density at radius 2 is 1.71 bits per heavy atom. The molecule has 1 atom stereocenters. The van der Waals surface area contributed by atoms with E-state index in [4.69, 9.17) is 4.74 Å². The molecule has 2 fully saturated rings. The van der Waals surface area contributed by atoms with Crippen LogP contribution in [-0.2, 0) is 0 Å². The van der Waals surface area contributed by atoms with Crippen molar-refractivity contribution in [2.45, 2.75) is 25.8 Å². The van der Waals surface area contributed by atoms with Crippen molar-refractivity contribution >= 4 is 29.9 Å². The third-order valence-corrected chi connectivity index (χ3v) is 6.40.